The van der Waals surface area contributed by atoms with Gasteiger partial charge in [0.2, 0.25) is 0 Å². The number of hydrogen-bond acceptors (Lipinski definition) is 2. The Kier molecular flexibility index (Phi) is 1.29. The first-order valence-electron chi connectivity index (χ1n) is 4.88. The second-order valence-electron chi connectivity index (χ2n) is 4.10. The van der Waals surface area contributed by atoms with Crippen LogP contribution in [-0.4, -0.2) is 11.7 Å². The lowest BCUT2D eigenvalue weighted by molar-refractivity contribution is 0.463. The fourth-order valence-corrected chi connectivity index (χ4v) is 2.36. The predicted molar refractivity (Wildman–Crippen MR) is 50.7 cm³/mol. The molecule has 0 radical (unpaired) electrons. The fraction of sp³-hybridized carbons (Fsp3) is 0.455. The average molecular weight is 175 g/mol. The maximum Gasteiger partial charge on any atom is 0.115 e. The first-order chi connectivity index (χ1) is 6.30. The van der Waals surface area contributed by atoms with Gasteiger partial charge in [0.05, 0.1) is 0 Å². The minimum atomic E-state index is 0.293. The van der Waals surface area contributed by atoms with E-state index in [0.29, 0.717) is 11.3 Å². The van der Waals surface area contributed by atoms with E-state index in [-0.39, 0.29) is 0 Å². The number of phenols is 1. The molecule has 1 aliphatic carbocycles. The summed E-state index contributed by atoms with van der Waals surface area (Å²) in [5.74, 6) is 0.399. The van der Waals surface area contributed by atoms with Crippen molar-refractivity contribution in [2.45, 2.75) is 24.8 Å². The Morgan fingerprint density at radius 3 is 2.92 bits per heavy atom. The zero-order valence-corrected chi connectivity index (χ0v) is 7.51. The van der Waals surface area contributed by atoms with Crippen molar-refractivity contribution in [1.82, 2.24) is 5.32 Å². The minimum Gasteiger partial charge on any atom is -0.508 e. The standard InChI is InChI=1S/C11H13NO/c13-9-1-2-10-8(7-9)3-6-12-11(10)4-5-11/h1-2,7,12-13H,3-6H2. The van der Waals surface area contributed by atoms with Gasteiger partial charge in [-0.1, -0.05) is 6.07 Å². The van der Waals surface area contributed by atoms with Crippen LogP contribution in [0, 0.1) is 0 Å². The highest BCUT2D eigenvalue weighted by Crippen LogP contribution is 2.48. The van der Waals surface area contributed by atoms with Crippen molar-refractivity contribution in [2.75, 3.05) is 6.54 Å². The molecule has 0 bridgehead atoms. The number of hydrogen-bond donors (Lipinski definition) is 2. The van der Waals surface area contributed by atoms with E-state index in [4.69, 9.17) is 0 Å². The van der Waals surface area contributed by atoms with Crippen molar-refractivity contribution < 1.29 is 5.11 Å². The molecule has 0 aromatic heterocycles. The van der Waals surface area contributed by atoms with Crippen LogP contribution in [-0.2, 0) is 12.0 Å². The Morgan fingerprint density at radius 2 is 2.15 bits per heavy atom. The topological polar surface area (TPSA) is 32.3 Å². The van der Waals surface area contributed by atoms with Gasteiger partial charge in [0.15, 0.2) is 0 Å². The summed E-state index contributed by atoms with van der Waals surface area (Å²) in [4.78, 5) is 0. The smallest absolute Gasteiger partial charge is 0.115 e. The first-order valence-corrected chi connectivity index (χ1v) is 4.88. The summed E-state index contributed by atoms with van der Waals surface area (Å²) in [5.41, 5.74) is 3.04. The molecule has 2 heteroatoms. The molecular weight excluding hydrogens is 162 g/mol. The molecule has 2 N–H and O–H groups in total. The lowest BCUT2D eigenvalue weighted by Crippen LogP contribution is -2.36. The summed E-state index contributed by atoms with van der Waals surface area (Å²) in [7, 11) is 0. The molecule has 0 unspecified atom stereocenters. The third kappa shape index (κ3) is 0.985. The van der Waals surface area contributed by atoms with Crippen molar-refractivity contribution in [3.8, 4) is 5.75 Å². The molecule has 0 amide bonds. The second kappa shape index (κ2) is 2.26. The lowest BCUT2D eigenvalue weighted by Gasteiger charge is -2.26. The third-order valence-corrected chi connectivity index (χ3v) is 3.21. The molecule has 1 saturated carbocycles. The van der Waals surface area contributed by atoms with Crippen LogP contribution >= 0.6 is 0 Å². The number of nitrogens with one attached hydrogen (secondary N) is 1. The number of aromatic hydroxyl groups is 1. The maximum atomic E-state index is 9.36. The van der Waals surface area contributed by atoms with Gasteiger partial charge in [-0.2, -0.15) is 0 Å². The summed E-state index contributed by atoms with van der Waals surface area (Å²) in [6.07, 6.45) is 3.56. The zero-order valence-electron chi connectivity index (χ0n) is 7.51. The molecule has 3 rings (SSSR count). The van der Waals surface area contributed by atoms with Gasteiger partial charge >= 0.3 is 0 Å². The van der Waals surface area contributed by atoms with Crippen LogP contribution < -0.4 is 5.32 Å². The number of fused-ring (bicyclic) bond motifs is 2. The minimum absolute atomic E-state index is 0.293. The van der Waals surface area contributed by atoms with E-state index in [1.54, 1.807) is 6.07 Å². The number of phenolic OH excluding ortho intramolecular Hbond substituents is 1. The first kappa shape index (κ1) is 7.39. The molecular formula is C11H13NO. The molecule has 2 nitrogen and oxygen atoms in total. The van der Waals surface area contributed by atoms with Gasteiger partial charge in [0.25, 0.3) is 0 Å². The van der Waals surface area contributed by atoms with Crippen molar-refractivity contribution in [3.63, 3.8) is 0 Å². The van der Waals surface area contributed by atoms with Gasteiger partial charge < -0.3 is 10.4 Å². The van der Waals surface area contributed by atoms with Gasteiger partial charge in [-0.3, -0.25) is 0 Å². The van der Waals surface area contributed by atoms with Crippen LogP contribution in [0.4, 0.5) is 0 Å². The Labute approximate surface area is 77.6 Å². The highest BCUT2D eigenvalue weighted by Gasteiger charge is 2.46. The molecule has 0 atom stereocenters. The molecule has 1 fully saturated rings. The molecule has 1 aliphatic heterocycles. The van der Waals surface area contributed by atoms with Gasteiger partial charge in [0, 0.05) is 12.1 Å². The van der Waals surface area contributed by atoms with Crippen molar-refractivity contribution in [3.05, 3.63) is 29.3 Å². The molecule has 1 aromatic carbocycles. The normalized spacial score (nSPS) is 22.8. The second-order valence-corrected chi connectivity index (χ2v) is 4.10. The quantitative estimate of drug-likeness (QED) is 0.626. The van der Waals surface area contributed by atoms with E-state index in [0.717, 1.165) is 13.0 Å². The van der Waals surface area contributed by atoms with E-state index in [9.17, 15) is 5.11 Å². The Morgan fingerprint density at radius 1 is 1.31 bits per heavy atom. The van der Waals surface area contributed by atoms with E-state index in [2.05, 4.69) is 11.4 Å². The van der Waals surface area contributed by atoms with E-state index in [1.165, 1.54) is 24.0 Å². The Bertz CT molecular complexity index is 355. The van der Waals surface area contributed by atoms with Crippen molar-refractivity contribution >= 4 is 0 Å². The fourth-order valence-electron chi connectivity index (χ4n) is 2.36. The molecule has 68 valence electrons. The van der Waals surface area contributed by atoms with Crippen LogP contribution in [0.15, 0.2) is 18.2 Å². The van der Waals surface area contributed by atoms with Gasteiger partial charge in [-0.25, -0.2) is 0 Å². The third-order valence-electron chi connectivity index (χ3n) is 3.21. The lowest BCUT2D eigenvalue weighted by atomic mass is 9.92. The molecule has 13 heavy (non-hydrogen) atoms. The van der Waals surface area contributed by atoms with E-state index >= 15 is 0 Å². The zero-order chi connectivity index (χ0) is 8.89. The SMILES string of the molecule is Oc1ccc2c(c1)CCNC21CC1. The van der Waals surface area contributed by atoms with E-state index < -0.39 is 0 Å². The summed E-state index contributed by atoms with van der Waals surface area (Å²) < 4.78 is 0. The largest absolute Gasteiger partial charge is 0.508 e. The van der Waals surface area contributed by atoms with Gasteiger partial charge in [-0.05, 0) is 42.5 Å². The van der Waals surface area contributed by atoms with Crippen molar-refractivity contribution in [2.24, 2.45) is 0 Å². The van der Waals surface area contributed by atoms with Gasteiger partial charge in [0.1, 0.15) is 5.75 Å². The molecule has 0 saturated heterocycles. The van der Waals surface area contributed by atoms with Crippen LogP contribution in [0.1, 0.15) is 24.0 Å². The Hall–Kier alpha value is -1.02. The highest BCUT2D eigenvalue weighted by molar-refractivity contribution is 5.44. The number of benzene rings is 1. The monoisotopic (exact) mass is 175 g/mol. The molecule has 1 aromatic rings. The van der Waals surface area contributed by atoms with E-state index in [1.807, 2.05) is 6.07 Å². The van der Waals surface area contributed by atoms with Crippen molar-refractivity contribution in [1.29, 1.82) is 0 Å². The van der Waals surface area contributed by atoms with Gasteiger partial charge in [-0.15, -0.1) is 0 Å². The van der Waals surface area contributed by atoms with Crippen LogP contribution in [0.5, 0.6) is 5.75 Å². The highest BCUT2D eigenvalue weighted by atomic mass is 16.3. The predicted octanol–water partition coefficient (Wildman–Crippen LogP) is 1.53. The maximum absolute atomic E-state index is 9.36. The number of rotatable bonds is 0. The molecule has 1 heterocycles. The summed E-state index contributed by atoms with van der Waals surface area (Å²) in [5, 5.41) is 12.9. The van der Waals surface area contributed by atoms with Crippen LogP contribution in [0.25, 0.3) is 0 Å². The molecule has 2 aliphatic rings. The Balaban J connectivity index is 2.15. The van der Waals surface area contributed by atoms with Crippen LogP contribution in [0.2, 0.25) is 0 Å². The molecule has 1 spiro atoms. The van der Waals surface area contributed by atoms with Crippen LogP contribution in [0.3, 0.4) is 0 Å². The summed E-state index contributed by atoms with van der Waals surface area (Å²) in [6.45, 7) is 1.05. The summed E-state index contributed by atoms with van der Waals surface area (Å²) in [6, 6.07) is 5.78. The summed E-state index contributed by atoms with van der Waals surface area (Å²) >= 11 is 0. The average Bonchev–Trinajstić information content (AvgIpc) is 2.86.